The van der Waals surface area contributed by atoms with E-state index < -0.39 is 0 Å². The normalized spacial score (nSPS) is 12.7. The molecule has 0 aromatic heterocycles. The molecule has 0 fully saturated rings. The molecule has 1 aromatic rings. The molecule has 0 aliphatic carbocycles. The lowest BCUT2D eigenvalue weighted by Gasteiger charge is -2.25. The number of methoxy groups -OCH3 is 1. The highest BCUT2D eigenvalue weighted by Crippen LogP contribution is 2.29. The van der Waals surface area contributed by atoms with E-state index >= 15 is 0 Å². The number of rotatable bonds is 9. The molecule has 1 rings (SSSR count). The van der Waals surface area contributed by atoms with Crippen LogP contribution >= 0.6 is 0 Å². The van der Waals surface area contributed by atoms with Crippen LogP contribution in [0.25, 0.3) is 0 Å². The van der Waals surface area contributed by atoms with E-state index in [0.717, 1.165) is 32.5 Å². The molecule has 0 heterocycles. The quantitative estimate of drug-likeness (QED) is 0.752. The summed E-state index contributed by atoms with van der Waals surface area (Å²) in [5.41, 5.74) is 0.630. The summed E-state index contributed by atoms with van der Waals surface area (Å²) in [4.78, 5) is 2.39. The van der Waals surface area contributed by atoms with Gasteiger partial charge in [0, 0.05) is 11.6 Å². The lowest BCUT2D eigenvalue weighted by molar-refractivity contribution is 0.268. The Morgan fingerprint density at radius 1 is 1.30 bits per heavy atom. The van der Waals surface area contributed by atoms with Crippen molar-refractivity contribution in [1.82, 2.24) is 10.2 Å². The number of ether oxygens (including phenoxy) is 1. The summed E-state index contributed by atoms with van der Waals surface area (Å²) in [5, 5.41) is 3.21. The first kappa shape index (κ1) is 16.9. The summed E-state index contributed by atoms with van der Waals surface area (Å²) < 4.78 is 19.4. The van der Waals surface area contributed by atoms with E-state index in [2.05, 4.69) is 24.1 Å². The Bertz CT molecular complexity index is 398. The van der Waals surface area contributed by atoms with Gasteiger partial charge in [-0.1, -0.05) is 19.9 Å². The van der Waals surface area contributed by atoms with Crippen LogP contribution in [-0.2, 0) is 0 Å². The number of hydrogen-bond acceptors (Lipinski definition) is 3. The van der Waals surface area contributed by atoms with Crippen molar-refractivity contribution in [1.29, 1.82) is 0 Å². The fraction of sp³-hybridized carbons (Fsp3) is 0.625. The second-order valence-corrected chi connectivity index (χ2v) is 4.92. The van der Waals surface area contributed by atoms with Crippen LogP contribution in [-0.4, -0.2) is 38.7 Å². The Labute approximate surface area is 122 Å². The van der Waals surface area contributed by atoms with Crippen molar-refractivity contribution in [3.05, 3.63) is 29.6 Å². The van der Waals surface area contributed by atoms with E-state index in [9.17, 15) is 4.39 Å². The summed E-state index contributed by atoms with van der Waals surface area (Å²) in [6.07, 6.45) is 2.00. The van der Waals surface area contributed by atoms with Crippen LogP contribution in [0.4, 0.5) is 4.39 Å². The highest BCUT2D eigenvalue weighted by Gasteiger charge is 2.19. The summed E-state index contributed by atoms with van der Waals surface area (Å²) >= 11 is 0. The van der Waals surface area contributed by atoms with Crippen LogP contribution in [0.2, 0.25) is 0 Å². The lowest BCUT2D eigenvalue weighted by Crippen LogP contribution is -2.29. The molecule has 1 atom stereocenters. The Hall–Kier alpha value is -1.13. The number of nitrogens with zero attached hydrogens (tertiary/aromatic N) is 1. The molecular weight excluding hydrogens is 255 g/mol. The van der Waals surface area contributed by atoms with Crippen LogP contribution in [0.15, 0.2) is 18.2 Å². The monoisotopic (exact) mass is 282 g/mol. The summed E-state index contributed by atoms with van der Waals surface area (Å²) in [6.45, 7) is 7.40. The molecule has 1 unspecified atom stereocenters. The Morgan fingerprint density at radius 2 is 2.05 bits per heavy atom. The molecule has 0 aliphatic rings. The van der Waals surface area contributed by atoms with E-state index in [1.165, 1.54) is 6.07 Å². The van der Waals surface area contributed by atoms with Crippen LogP contribution < -0.4 is 10.1 Å². The number of benzene rings is 1. The van der Waals surface area contributed by atoms with Crippen molar-refractivity contribution in [2.45, 2.75) is 32.7 Å². The average molecular weight is 282 g/mol. The molecule has 0 aliphatic heterocycles. The van der Waals surface area contributed by atoms with E-state index in [-0.39, 0.29) is 11.9 Å². The van der Waals surface area contributed by atoms with Gasteiger partial charge in [-0.15, -0.1) is 0 Å². The van der Waals surface area contributed by atoms with Gasteiger partial charge in [-0.2, -0.15) is 0 Å². The third-order valence-electron chi connectivity index (χ3n) is 3.65. The highest BCUT2D eigenvalue weighted by atomic mass is 19.1. The number of nitrogens with one attached hydrogen (secondary N) is 1. The van der Waals surface area contributed by atoms with Gasteiger partial charge in [-0.3, -0.25) is 0 Å². The smallest absolute Gasteiger partial charge is 0.131 e. The van der Waals surface area contributed by atoms with Gasteiger partial charge in [0.2, 0.25) is 0 Å². The Kier molecular flexibility index (Phi) is 7.55. The van der Waals surface area contributed by atoms with E-state index in [4.69, 9.17) is 4.74 Å². The maximum absolute atomic E-state index is 14.1. The maximum atomic E-state index is 14.1. The van der Waals surface area contributed by atoms with E-state index in [1.54, 1.807) is 13.2 Å². The highest BCUT2D eigenvalue weighted by molar-refractivity contribution is 5.37. The number of halogens is 1. The first-order valence-corrected chi connectivity index (χ1v) is 7.39. The molecule has 0 saturated heterocycles. The predicted octanol–water partition coefficient (Wildman–Crippen LogP) is 3.22. The molecule has 0 radical (unpaired) electrons. The third-order valence-corrected chi connectivity index (χ3v) is 3.65. The van der Waals surface area contributed by atoms with E-state index in [1.807, 2.05) is 13.1 Å². The van der Waals surface area contributed by atoms with Gasteiger partial charge >= 0.3 is 0 Å². The zero-order valence-corrected chi connectivity index (χ0v) is 13.1. The van der Waals surface area contributed by atoms with Crippen molar-refractivity contribution < 1.29 is 9.13 Å². The fourth-order valence-corrected chi connectivity index (χ4v) is 2.52. The third kappa shape index (κ3) is 4.46. The predicted molar refractivity (Wildman–Crippen MR) is 81.8 cm³/mol. The molecule has 0 amide bonds. The summed E-state index contributed by atoms with van der Waals surface area (Å²) in [7, 11) is 3.45. The van der Waals surface area contributed by atoms with Gasteiger partial charge in [0.05, 0.1) is 7.11 Å². The minimum Gasteiger partial charge on any atom is -0.496 e. The first-order chi connectivity index (χ1) is 9.67. The standard InChI is InChI=1S/C16H27FN2O/c1-5-11-19(6-2)12-10-14(18-3)16-13(17)8-7-9-15(16)20-4/h7-9,14,18H,5-6,10-12H2,1-4H3. The molecule has 1 N–H and O–H groups in total. The molecule has 20 heavy (non-hydrogen) atoms. The molecule has 1 aromatic carbocycles. The average Bonchev–Trinajstić information content (AvgIpc) is 2.47. The zero-order valence-electron chi connectivity index (χ0n) is 13.1. The minimum absolute atomic E-state index is 0.0305. The van der Waals surface area contributed by atoms with Crippen LogP contribution in [0.5, 0.6) is 5.75 Å². The molecule has 0 saturated carbocycles. The Balaban J connectivity index is 2.80. The Morgan fingerprint density at radius 3 is 2.60 bits per heavy atom. The van der Waals surface area contributed by atoms with Crippen molar-refractivity contribution in [2.24, 2.45) is 0 Å². The van der Waals surface area contributed by atoms with Gasteiger partial charge in [-0.05, 0) is 51.7 Å². The topological polar surface area (TPSA) is 24.5 Å². The van der Waals surface area contributed by atoms with Crippen molar-refractivity contribution in [3.63, 3.8) is 0 Å². The van der Waals surface area contributed by atoms with Crippen molar-refractivity contribution >= 4 is 0 Å². The van der Waals surface area contributed by atoms with Gasteiger partial charge in [-0.25, -0.2) is 4.39 Å². The van der Waals surface area contributed by atoms with E-state index in [0.29, 0.717) is 11.3 Å². The van der Waals surface area contributed by atoms with Crippen LogP contribution in [0.3, 0.4) is 0 Å². The zero-order chi connectivity index (χ0) is 15.0. The molecule has 3 nitrogen and oxygen atoms in total. The molecule has 0 spiro atoms. The van der Waals surface area contributed by atoms with Crippen LogP contribution in [0.1, 0.15) is 38.3 Å². The second-order valence-electron chi connectivity index (χ2n) is 4.92. The largest absolute Gasteiger partial charge is 0.496 e. The molecule has 114 valence electrons. The molecule has 4 heteroatoms. The lowest BCUT2D eigenvalue weighted by atomic mass is 10.0. The van der Waals surface area contributed by atoms with Gasteiger partial charge in [0.15, 0.2) is 0 Å². The van der Waals surface area contributed by atoms with Crippen LogP contribution in [0, 0.1) is 5.82 Å². The minimum atomic E-state index is -0.206. The van der Waals surface area contributed by atoms with Gasteiger partial charge in [0.1, 0.15) is 11.6 Å². The second kappa shape index (κ2) is 8.93. The van der Waals surface area contributed by atoms with Crippen molar-refractivity contribution in [3.8, 4) is 5.75 Å². The molecule has 0 bridgehead atoms. The SMILES string of the molecule is CCCN(CC)CCC(NC)c1c(F)cccc1OC. The molecular formula is C16H27FN2O. The van der Waals surface area contributed by atoms with Gasteiger partial charge in [0.25, 0.3) is 0 Å². The summed E-state index contributed by atoms with van der Waals surface area (Å²) in [6, 6.07) is 4.95. The van der Waals surface area contributed by atoms with Crippen molar-refractivity contribution in [2.75, 3.05) is 33.8 Å². The fourth-order valence-electron chi connectivity index (χ4n) is 2.52. The first-order valence-electron chi connectivity index (χ1n) is 7.39. The maximum Gasteiger partial charge on any atom is 0.131 e. The number of hydrogen-bond donors (Lipinski definition) is 1. The van der Waals surface area contributed by atoms with Gasteiger partial charge < -0.3 is 15.0 Å². The summed E-state index contributed by atoms with van der Waals surface area (Å²) in [5.74, 6) is 0.408.